The largest absolute Gasteiger partial charge is 0.316 e. The van der Waals surface area contributed by atoms with E-state index >= 15 is 0 Å². The average molecular weight is 241 g/mol. The molecule has 1 N–H and O–H groups in total. The number of hydrogen-bond donors (Lipinski definition) is 1. The quantitative estimate of drug-likeness (QED) is 0.805. The topological polar surface area (TPSA) is 12.0 Å². The van der Waals surface area contributed by atoms with Crippen molar-refractivity contribution in [2.24, 2.45) is 11.8 Å². The third-order valence-corrected chi connectivity index (χ3v) is 2.66. The molecule has 0 aliphatic rings. The van der Waals surface area contributed by atoms with Gasteiger partial charge in [-0.1, -0.05) is 26.8 Å². The lowest BCUT2D eigenvalue weighted by molar-refractivity contribution is 0.455. The van der Waals surface area contributed by atoms with E-state index in [0.717, 1.165) is 13.1 Å². The summed E-state index contributed by atoms with van der Waals surface area (Å²) < 4.78 is 26.8. The fourth-order valence-corrected chi connectivity index (χ4v) is 1.77. The standard InChI is InChI=1S/C14H21F2N/c1-10(2)8-17-9-11(3)7-12-13(15)5-4-6-14(12)16/h4-6,10-11,17H,7-9H2,1-3H3. The van der Waals surface area contributed by atoms with Crippen molar-refractivity contribution in [2.75, 3.05) is 13.1 Å². The Morgan fingerprint density at radius 3 is 2.18 bits per heavy atom. The van der Waals surface area contributed by atoms with E-state index in [1.165, 1.54) is 18.2 Å². The minimum atomic E-state index is -0.444. The van der Waals surface area contributed by atoms with Crippen LogP contribution in [0.25, 0.3) is 0 Å². The van der Waals surface area contributed by atoms with Crippen LogP contribution >= 0.6 is 0 Å². The molecule has 0 radical (unpaired) electrons. The smallest absolute Gasteiger partial charge is 0.129 e. The van der Waals surface area contributed by atoms with Crippen molar-refractivity contribution in [3.8, 4) is 0 Å². The Labute approximate surface area is 102 Å². The molecule has 0 aliphatic carbocycles. The molecule has 17 heavy (non-hydrogen) atoms. The van der Waals surface area contributed by atoms with Gasteiger partial charge >= 0.3 is 0 Å². The molecule has 1 rings (SSSR count). The normalized spacial score (nSPS) is 13.1. The predicted molar refractivity (Wildman–Crippen MR) is 66.9 cm³/mol. The highest BCUT2D eigenvalue weighted by Crippen LogP contribution is 2.16. The first kappa shape index (κ1) is 14.1. The second-order valence-corrected chi connectivity index (χ2v) is 5.06. The van der Waals surface area contributed by atoms with Crippen LogP contribution in [0.2, 0.25) is 0 Å². The van der Waals surface area contributed by atoms with Crippen molar-refractivity contribution in [3.05, 3.63) is 35.4 Å². The SMILES string of the molecule is CC(C)CNCC(C)Cc1c(F)cccc1F. The molecule has 0 saturated carbocycles. The van der Waals surface area contributed by atoms with Crippen LogP contribution in [0, 0.1) is 23.5 Å². The summed E-state index contributed by atoms with van der Waals surface area (Å²) in [5.74, 6) is -0.0750. The second kappa shape index (κ2) is 6.70. The molecule has 0 heterocycles. The third kappa shape index (κ3) is 4.82. The van der Waals surface area contributed by atoms with Gasteiger partial charge in [-0.2, -0.15) is 0 Å². The van der Waals surface area contributed by atoms with Gasteiger partial charge in [0.2, 0.25) is 0 Å². The van der Waals surface area contributed by atoms with Gasteiger partial charge < -0.3 is 5.32 Å². The van der Waals surface area contributed by atoms with Crippen LogP contribution < -0.4 is 5.32 Å². The van der Waals surface area contributed by atoms with Crippen molar-refractivity contribution < 1.29 is 8.78 Å². The van der Waals surface area contributed by atoms with E-state index in [1.54, 1.807) is 0 Å². The summed E-state index contributed by atoms with van der Waals surface area (Å²) in [6.07, 6.45) is 0.434. The van der Waals surface area contributed by atoms with Gasteiger partial charge in [0.25, 0.3) is 0 Å². The molecule has 1 nitrogen and oxygen atoms in total. The summed E-state index contributed by atoms with van der Waals surface area (Å²) in [7, 11) is 0. The molecule has 3 heteroatoms. The van der Waals surface area contributed by atoms with E-state index in [1.807, 2.05) is 6.92 Å². The Bertz CT molecular complexity index is 330. The molecule has 0 bridgehead atoms. The molecule has 0 saturated heterocycles. The van der Waals surface area contributed by atoms with E-state index in [0.29, 0.717) is 12.3 Å². The Kier molecular flexibility index (Phi) is 5.56. The van der Waals surface area contributed by atoms with Crippen molar-refractivity contribution in [1.29, 1.82) is 0 Å². The minimum Gasteiger partial charge on any atom is -0.316 e. The van der Waals surface area contributed by atoms with E-state index in [4.69, 9.17) is 0 Å². The van der Waals surface area contributed by atoms with Crippen molar-refractivity contribution in [2.45, 2.75) is 27.2 Å². The Hall–Kier alpha value is -0.960. The van der Waals surface area contributed by atoms with E-state index in [2.05, 4.69) is 19.2 Å². The summed E-state index contributed by atoms with van der Waals surface area (Å²) in [4.78, 5) is 0. The molecule has 1 atom stereocenters. The van der Waals surface area contributed by atoms with Gasteiger partial charge in [-0.15, -0.1) is 0 Å². The fourth-order valence-electron chi connectivity index (χ4n) is 1.77. The van der Waals surface area contributed by atoms with Gasteiger partial charge in [0.15, 0.2) is 0 Å². The zero-order valence-corrected chi connectivity index (χ0v) is 10.8. The van der Waals surface area contributed by atoms with Gasteiger partial charge in [-0.05, 0) is 43.5 Å². The minimum absolute atomic E-state index is 0.200. The summed E-state index contributed by atoms with van der Waals surface area (Å²) in [6, 6.07) is 4.02. The van der Waals surface area contributed by atoms with Crippen LogP contribution in [-0.2, 0) is 6.42 Å². The van der Waals surface area contributed by atoms with Crippen LogP contribution in [0.15, 0.2) is 18.2 Å². The first-order chi connectivity index (χ1) is 8.00. The van der Waals surface area contributed by atoms with Crippen molar-refractivity contribution in [1.82, 2.24) is 5.32 Å². The molecular weight excluding hydrogens is 220 g/mol. The maximum absolute atomic E-state index is 13.4. The first-order valence-corrected chi connectivity index (χ1v) is 6.14. The van der Waals surface area contributed by atoms with E-state index in [-0.39, 0.29) is 11.5 Å². The molecular formula is C14H21F2N. The molecule has 1 aromatic carbocycles. The molecule has 0 spiro atoms. The Balaban J connectivity index is 2.47. The number of nitrogens with one attached hydrogen (secondary N) is 1. The molecule has 0 aliphatic heterocycles. The molecule has 0 aromatic heterocycles. The highest BCUT2D eigenvalue weighted by atomic mass is 19.1. The van der Waals surface area contributed by atoms with Crippen molar-refractivity contribution >= 4 is 0 Å². The monoisotopic (exact) mass is 241 g/mol. The van der Waals surface area contributed by atoms with E-state index in [9.17, 15) is 8.78 Å². The maximum Gasteiger partial charge on any atom is 0.129 e. The third-order valence-electron chi connectivity index (χ3n) is 2.66. The summed E-state index contributed by atoms with van der Waals surface area (Å²) in [6.45, 7) is 7.98. The molecule has 1 aromatic rings. The summed E-state index contributed by atoms with van der Waals surface area (Å²) in [5.41, 5.74) is 0.200. The van der Waals surface area contributed by atoms with Crippen LogP contribution in [0.3, 0.4) is 0 Å². The number of rotatable bonds is 6. The molecule has 0 fully saturated rings. The van der Waals surface area contributed by atoms with Gasteiger partial charge in [-0.25, -0.2) is 8.78 Å². The Morgan fingerprint density at radius 2 is 1.65 bits per heavy atom. The lowest BCUT2D eigenvalue weighted by Crippen LogP contribution is -2.26. The Morgan fingerprint density at radius 1 is 1.06 bits per heavy atom. The molecule has 96 valence electrons. The van der Waals surface area contributed by atoms with Crippen LogP contribution in [0.4, 0.5) is 8.78 Å². The maximum atomic E-state index is 13.4. The second-order valence-electron chi connectivity index (χ2n) is 5.06. The van der Waals surface area contributed by atoms with Crippen LogP contribution in [-0.4, -0.2) is 13.1 Å². The zero-order chi connectivity index (χ0) is 12.8. The molecule has 0 amide bonds. The van der Waals surface area contributed by atoms with Gasteiger partial charge in [-0.3, -0.25) is 0 Å². The van der Waals surface area contributed by atoms with Crippen LogP contribution in [0.5, 0.6) is 0 Å². The highest BCUT2D eigenvalue weighted by Gasteiger charge is 2.12. The zero-order valence-electron chi connectivity index (χ0n) is 10.8. The number of benzene rings is 1. The van der Waals surface area contributed by atoms with Gasteiger partial charge in [0, 0.05) is 5.56 Å². The number of halogens is 2. The average Bonchev–Trinajstić information content (AvgIpc) is 2.23. The van der Waals surface area contributed by atoms with Crippen molar-refractivity contribution in [3.63, 3.8) is 0 Å². The van der Waals surface area contributed by atoms with E-state index < -0.39 is 11.6 Å². The number of hydrogen-bond acceptors (Lipinski definition) is 1. The lowest BCUT2D eigenvalue weighted by Gasteiger charge is -2.14. The van der Waals surface area contributed by atoms with Gasteiger partial charge in [0.1, 0.15) is 11.6 Å². The molecule has 1 unspecified atom stereocenters. The highest BCUT2D eigenvalue weighted by molar-refractivity contribution is 5.20. The van der Waals surface area contributed by atoms with Gasteiger partial charge in [0.05, 0.1) is 0 Å². The lowest BCUT2D eigenvalue weighted by atomic mass is 10.00. The fraction of sp³-hybridized carbons (Fsp3) is 0.571. The first-order valence-electron chi connectivity index (χ1n) is 6.14. The summed E-state index contributed by atoms with van der Waals surface area (Å²) >= 11 is 0. The predicted octanol–water partition coefficient (Wildman–Crippen LogP) is 3.39. The summed E-state index contributed by atoms with van der Waals surface area (Å²) in [5, 5.41) is 3.30. The van der Waals surface area contributed by atoms with Crippen LogP contribution in [0.1, 0.15) is 26.3 Å².